The molecule has 2 aromatic rings. The number of anilines is 1. The van der Waals surface area contributed by atoms with E-state index in [2.05, 4.69) is 5.32 Å². The standard InChI is InChI=1S/C22H22ClFN2O5S.C6H9NO2/c1-3-16-21(28)26-11-13(8-12-9-14(24)4-7-19(12)31-2)20(27)22(16,26)32(29,30)15-5-6-17(23)18(25)10-15;8-5-1-2-6(9)7-4-3-5/h4-7,9-10,13,16H,3,8,11,25H2,1-2H3;1-4H2,(H,7,9)/t13-,16+,22?;/m0./s1. The number of rotatable bonds is 6. The van der Waals surface area contributed by atoms with Crippen LogP contribution in [-0.4, -0.2) is 61.8 Å². The molecule has 13 heteroatoms. The highest BCUT2D eigenvalue weighted by molar-refractivity contribution is 7.93. The summed E-state index contributed by atoms with van der Waals surface area (Å²) in [5.41, 5.74) is 6.29. The van der Waals surface area contributed by atoms with Crippen molar-refractivity contribution in [1.82, 2.24) is 10.2 Å². The summed E-state index contributed by atoms with van der Waals surface area (Å²) < 4.78 is 46.7. The number of hydrogen-bond acceptors (Lipinski definition) is 8. The second-order valence-electron chi connectivity index (χ2n) is 10.2. The first-order chi connectivity index (χ1) is 19.4. The molecule has 0 aliphatic carbocycles. The number of Topliss-reactive ketones (excluding diaryl/α,β-unsaturated/α-hetero) is 2. The van der Waals surface area contributed by atoms with Crippen molar-refractivity contribution >= 4 is 50.5 Å². The Kier molecular flexibility index (Phi) is 8.74. The number of ether oxygens (including phenoxy) is 1. The molecule has 3 saturated heterocycles. The molecule has 1 unspecified atom stereocenters. The van der Waals surface area contributed by atoms with Gasteiger partial charge in [0, 0.05) is 38.3 Å². The van der Waals surface area contributed by atoms with Crippen molar-refractivity contribution in [3.05, 3.63) is 52.8 Å². The second kappa shape index (κ2) is 11.8. The number of nitrogen functional groups attached to an aromatic ring is 1. The van der Waals surface area contributed by atoms with Crippen LogP contribution in [0.1, 0.15) is 38.2 Å². The smallest absolute Gasteiger partial charge is 0.231 e. The number of ketones is 2. The van der Waals surface area contributed by atoms with Crippen molar-refractivity contribution in [1.29, 1.82) is 0 Å². The molecule has 41 heavy (non-hydrogen) atoms. The lowest BCUT2D eigenvalue weighted by atomic mass is 9.82. The Labute approximate surface area is 242 Å². The van der Waals surface area contributed by atoms with Gasteiger partial charge in [0.05, 0.1) is 28.6 Å². The Morgan fingerprint density at radius 2 is 1.85 bits per heavy atom. The first-order valence-corrected chi connectivity index (χ1v) is 15.0. The summed E-state index contributed by atoms with van der Waals surface area (Å²) in [5, 5.41) is 2.80. The molecule has 5 rings (SSSR count). The number of methoxy groups -OCH3 is 1. The fourth-order valence-electron chi connectivity index (χ4n) is 5.69. The largest absolute Gasteiger partial charge is 0.496 e. The average Bonchev–Trinajstić information content (AvgIpc) is 3.03. The molecular formula is C28H31ClFN3O7S. The van der Waals surface area contributed by atoms with Gasteiger partial charge in [-0.1, -0.05) is 18.5 Å². The Bertz CT molecular complexity index is 1500. The van der Waals surface area contributed by atoms with Gasteiger partial charge < -0.3 is 20.7 Å². The van der Waals surface area contributed by atoms with Crippen LogP contribution in [0, 0.1) is 17.7 Å². The molecule has 2 aromatic carbocycles. The molecular weight excluding hydrogens is 577 g/mol. The minimum atomic E-state index is -4.32. The number of carbonyl (C=O) groups excluding carboxylic acids is 4. The van der Waals surface area contributed by atoms with Gasteiger partial charge in [0.15, 0.2) is 5.78 Å². The van der Waals surface area contributed by atoms with E-state index in [1.807, 2.05) is 0 Å². The van der Waals surface area contributed by atoms with Crippen molar-refractivity contribution < 1.29 is 36.7 Å². The van der Waals surface area contributed by atoms with E-state index in [1.165, 1.54) is 43.5 Å². The molecule has 2 amide bonds. The van der Waals surface area contributed by atoms with Crippen LogP contribution in [-0.2, 0) is 35.4 Å². The summed E-state index contributed by atoms with van der Waals surface area (Å²) >= 11 is 5.94. The number of amides is 2. The zero-order chi connectivity index (χ0) is 30.1. The number of nitrogens with zero attached hydrogens (tertiary/aromatic N) is 1. The van der Waals surface area contributed by atoms with Crippen LogP contribution in [0.25, 0.3) is 0 Å². The molecule has 10 nitrogen and oxygen atoms in total. The number of nitrogens with one attached hydrogen (secondary N) is 1. The summed E-state index contributed by atoms with van der Waals surface area (Å²) in [6.07, 6.45) is 1.52. The van der Waals surface area contributed by atoms with Crippen molar-refractivity contribution in [2.24, 2.45) is 11.8 Å². The number of benzene rings is 2. The number of fused-ring (bicyclic) bond motifs is 1. The molecule has 3 aliphatic heterocycles. The highest BCUT2D eigenvalue weighted by Crippen LogP contribution is 2.53. The lowest BCUT2D eigenvalue weighted by Crippen LogP contribution is -2.73. The Balaban J connectivity index is 0.000000367. The molecule has 0 aromatic heterocycles. The van der Waals surface area contributed by atoms with Gasteiger partial charge in [-0.3, -0.25) is 19.2 Å². The molecule has 3 fully saturated rings. The van der Waals surface area contributed by atoms with E-state index in [-0.39, 0.29) is 52.6 Å². The maximum absolute atomic E-state index is 13.8. The normalized spacial score (nSPS) is 24.0. The number of halogens is 2. The van der Waals surface area contributed by atoms with Gasteiger partial charge in [-0.2, -0.15) is 0 Å². The quantitative estimate of drug-likeness (QED) is 0.375. The van der Waals surface area contributed by atoms with Crippen LogP contribution < -0.4 is 15.8 Å². The number of carbonyl (C=O) groups is 4. The molecule has 3 aliphatic rings. The maximum atomic E-state index is 13.8. The van der Waals surface area contributed by atoms with E-state index in [1.54, 1.807) is 6.92 Å². The predicted molar refractivity (Wildman–Crippen MR) is 148 cm³/mol. The summed E-state index contributed by atoms with van der Waals surface area (Å²) in [6, 6.07) is 7.77. The van der Waals surface area contributed by atoms with Crippen LogP contribution in [0.5, 0.6) is 5.75 Å². The fraction of sp³-hybridized carbons (Fsp3) is 0.429. The zero-order valence-electron chi connectivity index (χ0n) is 22.6. The van der Waals surface area contributed by atoms with E-state index < -0.39 is 38.1 Å². The van der Waals surface area contributed by atoms with Gasteiger partial charge in [0.1, 0.15) is 17.3 Å². The van der Waals surface area contributed by atoms with Gasteiger partial charge >= 0.3 is 0 Å². The number of β-lactam (4-membered cyclic amide) rings is 1. The Morgan fingerprint density at radius 1 is 1.12 bits per heavy atom. The average molecular weight is 608 g/mol. The topological polar surface area (TPSA) is 153 Å². The Morgan fingerprint density at radius 3 is 2.51 bits per heavy atom. The molecule has 0 radical (unpaired) electrons. The molecule has 3 N–H and O–H groups in total. The van der Waals surface area contributed by atoms with Gasteiger partial charge in [0.25, 0.3) is 0 Å². The van der Waals surface area contributed by atoms with Crippen LogP contribution in [0.15, 0.2) is 41.3 Å². The summed E-state index contributed by atoms with van der Waals surface area (Å²) in [6.45, 7) is 2.12. The molecule has 3 atom stereocenters. The fourth-order valence-corrected chi connectivity index (χ4v) is 8.22. The first-order valence-electron chi connectivity index (χ1n) is 13.1. The van der Waals surface area contributed by atoms with Gasteiger partial charge in [-0.05, 0) is 54.8 Å². The molecule has 3 heterocycles. The SMILES string of the molecule is CC[C@@H]1C(=O)N2C[C@H](Cc3cc(F)ccc3OC)C(=O)C12S(=O)(=O)c1ccc(Cl)c(N)c1.O=C1CCNC(=O)CC1. The molecule has 0 spiro atoms. The van der Waals surface area contributed by atoms with Gasteiger partial charge in [-0.25, -0.2) is 12.8 Å². The van der Waals surface area contributed by atoms with Crippen molar-refractivity contribution in [2.45, 2.75) is 48.8 Å². The lowest BCUT2D eigenvalue weighted by molar-refractivity contribution is -0.160. The minimum absolute atomic E-state index is 0.000787. The lowest BCUT2D eigenvalue weighted by Gasteiger charge is -2.50. The van der Waals surface area contributed by atoms with Gasteiger partial charge in [-0.15, -0.1) is 0 Å². The first kappa shape index (κ1) is 30.4. The predicted octanol–water partition coefficient (Wildman–Crippen LogP) is 2.71. The highest BCUT2D eigenvalue weighted by Gasteiger charge is 2.75. The van der Waals surface area contributed by atoms with E-state index in [4.69, 9.17) is 22.1 Å². The third kappa shape index (κ3) is 5.30. The third-order valence-electron chi connectivity index (χ3n) is 7.73. The number of hydrogen-bond donors (Lipinski definition) is 2. The van der Waals surface area contributed by atoms with Crippen molar-refractivity contribution in [2.75, 3.05) is 25.9 Å². The molecule has 220 valence electrons. The zero-order valence-corrected chi connectivity index (χ0v) is 24.2. The summed E-state index contributed by atoms with van der Waals surface area (Å²) in [5.74, 6) is -2.73. The monoisotopic (exact) mass is 607 g/mol. The van der Waals surface area contributed by atoms with E-state index >= 15 is 0 Å². The van der Waals surface area contributed by atoms with E-state index in [0.717, 1.165) is 4.90 Å². The Hall–Kier alpha value is -3.51. The molecule has 0 bridgehead atoms. The van der Waals surface area contributed by atoms with E-state index in [9.17, 15) is 32.0 Å². The molecule has 0 saturated carbocycles. The maximum Gasteiger partial charge on any atom is 0.231 e. The van der Waals surface area contributed by atoms with Crippen LogP contribution in [0.2, 0.25) is 5.02 Å². The second-order valence-corrected chi connectivity index (χ2v) is 12.7. The van der Waals surface area contributed by atoms with Crippen LogP contribution >= 0.6 is 11.6 Å². The highest BCUT2D eigenvalue weighted by atomic mass is 35.5. The van der Waals surface area contributed by atoms with Crippen molar-refractivity contribution in [3.63, 3.8) is 0 Å². The van der Waals surface area contributed by atoms with Gasteiger partial charge in [0.2, 0.25) is 26.5 Å². The van der Waals surface area contributed by atoms with Crippen LogP contribution in [0.4, 0.5) is 10.1 Å². The number of nitrogens with two attached hydrogens (primary N) is 1. The third-order valence-corrected chi connectivity index (χ3v) is 10.5. The van der Waals surface area contributed by atoms with Crippen molar-refractivity contribution in [3.8, 4) is 5.75 Å². The summed E-state index contributed by atoms with van der Waals surface area (Å²) in [7, 11) is -2.90. The van der Waals surface area contributed by atoms with Crippen LogP contribution in [0.3, 0.4) is 0 Å². The van der Waals surface area contributed by atoms with E-state index in [0.29, 0.717) is 37.1 Å². The minimum Gasteiger partial charge on any atom is -0.496 e. The number of sulfone groups is 1. The summed E-state index contributed by atoms with van der Waals surface area (Å²) in [4.78, 5) is 46.6.